The monoisotopic (exact) mass is 439 g/mol. The smallest absolute Gasteiger partial charge is 0.234 e. The molecule has 0 aliphatic heterocycles. The number of rotatable bonds is 7. The molecule has 0 atom stereocenters. The summed E-state index contributed by atoms with van der Waals surface area (Å²) in [4.78, 5) is 21.8. The van der Waals surface area contributed by atoms with Crippen LogP contribution >= 0.6 is 11.8 Å². The largest absolute Gasteiger partial charge is 0.495 e. The standard InChI is InChI=1S/C21H21N5O4S/c1-12-22-20-13-9-17(29-3)18(30-4)10-15(13)24-21(26(20)25-12)31-11-19(27)23-14-7-5-6-8-16(14)28-2/h5-10H,11H2,1-4H3,(H,23,27). The van der Waals surface area contributed by atoms with Gasteiger partial charge in [-0.25, -0.2) is 9.97 Å². The molecule has 0 bridgehead atoms. The zero-order chi connectivity index (χ0) is 22.0. The zero-order valence-corrected chi connectivity index (χ0v) is 18.3. The third-order valence-corrected chi connectivity index (χ3v) is 5.50. The third kappa shape index (κ3) is 4.06. The number of nitrogens with one attached hydrogen (secondary N) is 1. The van der Waals surface area contributed by atoms with E-state index in [1.165, 1.54) is 11.8 Å². The summed E-state index contributed by atoms with van der Waals surface area (Å²) in [5, 5.41) is 8.64. The number of hydrogen-bond donors (Lipinski definition) is 1. The van der Waals surface area contributed by atoms with Crippen LogP contribution in [0.3, 0.4) is 0 Å². The summed E-state index contributed by atoms with van der Waals surface area (Å²) in [5.74, 6) is 2.29. The predicted molar refractivity (Wildman–Crippen MR) is 118 cm³/mol. The SMILES string of the molecule is COc1ccccc1NC(=O)CSc1nc2cc(OC)c(OC)cc2c2nc(C)nn12. The molecule has 0 saturated carbocycles. The van der Waals surface area contributed by atoms with Gasteiger partial charge in [0.25, 0.3) is 0 Å². The molecule has 0 saturated heterocycles. The lowest BCUT2D eigenvalue weighted by Crippen LogP contribution is -2.15. The number of ether oxygens (including phenoxy) is 3. The topological polar surface area (TPSA) is 99.9 Å². The molecule has 9 nitrogen and oxygen atoms in total. The summed E-state index contributed by atoms with van der Waals surface area (Å²) in [6.07, 6.45) is 0. The minimum absolute atomic E-state index is 0.137. The van der Waals surface area contributed by atoms with E-state index < -0.39 is 0 Å². The summed E-state index contributed by atoms with van der Waals surface area (Å²) in [6.45, 7) is 1.81. The van der Waals surface area contributed by atoms with E-state index >= 15 is 0 Å². The van der Waals surface area contributed by atoms with Gasteiger partial charge in [0.1, 0.15) is 11.6 Å². The van der Waals surface area contributed by atoms with Gasteiger partial charge in [-0.2, -0.15) is 4.52 Å². The Bertz CT molecular complexity index is 1270. The molecule has 31 heavy (non-hydrogen) atoms. The van der Waals surface area contributed by atoms with E-state index in [1.54, 1.807) is 44.0 Å². The third-order valence-electron chi connectivity index (χ3n) is 4.57. The Morgan fingerprint density at radius 1 is 1.03 bits per heavy atom. The second-order valence-corrected chi connectivity index (χ2v) is 7.49. The second-order valence-electron chi connectivity index (χ2n) is 6.55. The van der Waals surface area contributed by atoms with Crippen molar-refractivity contribution in [2.75, 3.05) is 32.4 Å². The van der Waals surface area contributed by atoms with Gasteiger partial charge < -0.3 is 19.5 Å². The molecule has 160 valence electrons. The van der Waals surface area contributed by atoms with Crippen molar-refractivity contribution >= 4 is 39.9 Å². The van der Waals surface area contributed by atoms with E-state index in [0.717, 1.165) is 5.39 Å². The van der Waals surface area contributed by atoms with Gasteiger partial charge in [0.2, 0.25) is 5.91 Å². The maximum Gasteiger partial charge on any atom is 0.234 e. The number of aromatic nitrogens is 4. The van der Waals surface area contributed by atoms with Crippen molar-refractivity contribution in [3.05, 3.63) is 42.2 Å². The molecule has 0 unspecified atom stereocenters. The zero-order valence-electron chi connectivity index (χ0n) is 17.5. The molecular formula is C21H21N5O4S. The lowest BCUT2D eigenvalue weighted by molar-refractivity contribution is -0.113. The fourth-order valence-electron chi connectivity index (χ4n) is 3.17. The molecule has 1 N–H and O–H groups in total. The van der Waals surface area contributed by atoms with Crippen LogP contribution in [0.25, 0.3) is 16.6 Å². The summed E-state index contributed by atoms with van der Waals surface area (Å²) >= 11 is 1.27. The van der Waals surface area contributed by atoms with Gasteiger partial charge in [-0.3, -0.25) is 4.79 Å². The van der Waals surface area contributed by atoms with Crippen LogP contribution in [0.4, 0.5) is 5.69 Å². The maximum absolute atomic E-state index is 12.5. The van der Waals surface area contributed by atoms with Crippen molar-refractivity contribution in [2.45, 2.75) is 12.1 Å². The molecule has 4 rings (SSSR count). The maximum atomic E-state index is 12.5. The minimum Gasteiger partial charge on any atom is -0.495 e. The Hall–Kier alpha value is -3.53. The first-order chi connectivity index (χ1) is 15.0. The van der Waals surface area contributed by atoms with Crippen molar-refractivity contribution in [3.8, 4) is 17.2 Å². The van der Waals surface area contributed by atoms with E-state index in [-0.39, 0.29) is 11.7 Å². The van der Waals surface area contributed by atoms with E-state index in [2.05, 4.69) is 15.4 Å². The lowest BCUT2D eigenvalue weighted by Gasteiger charge is -2.11. The van der Waals surface area contributed by atoms with Crippen LogP contribution in [0.15, 0.2) is 41.6 Å². The molecule has 0 fully saturated rings. The van der Waals surface area contributed by atoms with Crippen LogP contribution in [0, 0.1) is 6.92 Å². The number of benzene rings is 2. The number of methoxy groups -OCH3 is 3. The highest BCUT2D eigenvalue weighted by atomic mass is 32.2. The highest BCUT2D eigenvalue weighted by molar-refractivity contribution is 7.99. The normalized spacial score (nSPS) is 11.0. The predicted octanol–water partition coefficient (Wildman–Crippen LogP) is 3.34. The lowest BCUT2D eigenvalue weighted by atomic mass is 10.2. The molecule has 2 aromatic carbocycles. The molecular weight excluding hydrogens is 418 g/mol. The quantitative estimate of drug-likeness (QED) is 0.346. The summed E-state index contributed by atoms with van der Waals surface area (Å²) < 4.78 is 17.7. The molecule has 0 aliphatic carbocycles. The number of amides is 1. The minimum atomic E-state index is -0.186. The van der Waals surface area contributed by atoms with Gasteiger partial charge in [-0.05, 0) is 25.1 Å². The van der Waals surface area contributed by atoms with Gasteiger partial charge in [0.05, 0.1) is 38.3 Å². The van der Waals surface area contributed by atoms with Gasteiger partial charge in [0, 0.05) is 11.5 Å². The van der Waals surface area contributed by atoms with E-state index in [0.29, 0.717) is 45.1 Å². The molecule has 4 aromatic rings. The number of nitrogens with zero attached hydrogens (tertiary/aromatic N) is 4. The first kappa shape index (κ1) is 20.7. The van der Waals surface area contributed by atoms with Gasteiger partial charge in [-0.1, -0.05) is 23.9 Å². The summed E-state index contributed by atoms with van der Waals surface area (Å²) in [7, 11) is 4.71. The Labute approximate surface area is 182 Å². The highest BCUT2D eigenvalue weighted by Crippen LogP contribution is 2.34. The van der Waals surface area contributed by atoms with Gasteiger partial charge in [-0.15, -0.1) is 5.10 Å². The van der Waals surface area contributed by atoms with Crippen molar-refractivity contribution in [3.63, 3.8) is 0 Å². The summed E-state index contributed by atoms with van der Waals surface area (Å²) in [5.41, 5.74) is 1.92. The van der Waals surface area contributed by atoms with Crippen molar-refractivity contribution in [1.82, 2.24) is 19.6 Å². The fraction of sp³-hybridized carbons (Fsp3) is 0.238. The number of aryl methyl sites for hydroxylation is 1. The van der Waals surface area contributed by atoms with Crippen LogP contribution in [0.2, 0.25) is 0 Å². The first-order valence-corrected chi connectivity index (χ1v) is 10.4. The van der Waals surface area contributed by atoms with Gasteiger partial charge >= 0.3 is 0 Å². The van der Waals surface area contributed by atoms with E-state index in [1.807, 2.05) is 25.1 Å². The molecule has 0 radical (unpaired) electrons. The van der Waals surface area contributed by atoms with Crippen molar-refractivity contribution in [1.29, 1.82) is 0 Å². The number of carbonyl (C=O) groups is 1. The Kier molecular flexibility index (Phi) is 5.81. The molecule has 2 aromatic heterocycles. The number of para-hydroxylation sites is 2. The van der Waals surface area contributed by atoms with Crippen molar-refractivity contribution in [2.24, 2.45) is 0 Å². The average Bonchev–Trinajstić information content (AvgIpc) is 3.18. The van der Waals surface area contributed by atoms with E-state index in [4.69, 9.17) is 19.2 Å². The molecule has 10 heteroatoms. The fourth-order valence-corrected chi connectivity index (χ4v) is 3.92. The number of carbonyl (C=O) groups excluding carboxylic acids is 1. The number of fused-ring (bicyclic) bond motifs is 3. The van der Waals surface area contributed by atoms with E-state index in [9.17, 15) is 4.79 Å². The molecule has 0 spiro atoms. The average molecular weight is 439 g/mol. The second kappa shape index (κ2) is 8.68. The van der Waals surface area contributed by atoms with Crippen LogP contribution < -0.4 is 19.5 Å². The summed E-state index contributed by atoms with van der Waals surface area (Å²) in [6, 6.07) is 10.9. The first-order valence-electron chi connectivity index (χ1n) is 9.38. The molecule has 2 heterocycles. The number of thioether (sulfide) groups is 1. The van der Waals surface area contributed by atoms with Gasteiger partial charge in [0.15, 0.2) is 22.3 Å². The van der Waals surface area contributed by atoms with Crippen LogP contribution in [-0.2, 0) is 4.79 Å². The Morgan fingerprint density at radius 3 is 2.48 bits per heavy atom. The van der Waals surface area contributed by atoms with Crippen LogP contribution in [0.5, 0.6) is 17.2 Å². The van der Waals surface area contributed by atoms with Crippen LogP contribution in [-0.4, -0.2) is 52.6 Å². The number of anilines is 1. The molecule has 0 aliphatic rings. The Morgan fingerprint density at radius 2 is 1.74 bits per heavy atom. The number of hydrogen-bond acceptors (Lipinski definition) is 8. The molecule has 1 amide bonds. The van der Waals surface area contributed by atoms with Crippen molar-refractivity contribution < 1.29 is 19.0 Å². The Balaban J connectivity index is 1.66. The highest BCUT2D eigenvalue weighted by Gasteiger charge is 2.17. The van der Waals surface area contributed by atoms with Crippen LogP contribution in [0.1, 0.15) is 5.82 Å².